The minimum Gasteiger partial charge on any atom is -0.497 e. The number of halogens is 1. The summed E-state index contributed by atoms with van der Waals surface area (Å²) in [6, 6.07) is 28.2. The lowest BCUT2D eigenvalue weighted by molar-refractivity contribution is -0.129. The first-order chi connectivity index (χ1) is 22.4. The summed E-state index contributed by atoms with van der Waals surface area (Å²) in [7, 11) is 4.76. The lowest BCUT2D eigenvalue weighted by Crippen LogP contribution is -2.49. The Hall–Kier alpha value is -4.54. The summed E-state index contributed by atoms with van der Waals surface area (Å²) in [5.41, 5.74) is 1.83. The third-order valence-corrected chi connectivity index (χ3v) is 8.24. The van der Waals surface area contributed by atoms with Crippen molar-refractivity contribution in [2.75, 3.05) is 34.5 Å². The number of ether oxygens (including phenoxy) is 5. The highest BCUT2D eigenvalue weighted by Crippen LogP contribution is 2.43. The zero-order valence-electron chi connectivity index (χ0n) is 26.0. The quantitative estimate of drug-likeness (QED) is 0.155. The van der Waals surface area contributed by atoms with Gasteiger partial charge in [0.05, 0.1) is 27.9 Å². The van der Waals surface area contributed by atoms with Crippen LogP contribution in [0.25, 0.3) is 0 Å². The largest absolute Gasteiger partial charge is 0.497 e. The molecule has 10 heteroatoms. The van der Waals surface area contributed by atoms with Crippen LogP contribution in [0.4, 0.5) is 0 Å². The van der Waals surface area contributed by atoms with Crippen LogP contribution in [0.1, 0.15) is 34.8 Å². The molecule has 0 radical (unpaired) electrons. The number of benzene rings is 4. The third-order valence-electron chi connectivity index (χ3n) is 7.71. The summed E-state index contributed by atoms with van der Waals surface area (Å²) in [4.78, 5) is 19.7. The van der Waals surface area contributed by atoms with Gasteiger partial charge < -0.3 is 34.1 Å². The lowest BCUT2D eigenvalue weighted by atomic mass is 9.82. The van der Waals surface area contributed by atoms with Crippen LogP contribution in [0.2, 0.25) is 0 Å². The van der Waals surface area contributed by atoms with Gasteiger partial charge in [-0.2, -0.15) is 0 Å². The number of amides is 1. The molecule has 0 saturated heterocycles. The van der Waals surface area contributed by atoms with E-state index in [1.54, 1.807) is 21.3 Å². The molecule has 4 aromatic carbocycles. The number of methoxy groups -OCH3 is 3. The molecule has 2 N–H and O–H groups in total. The van der Waals surface area contributed by atoms with Crippen molar-refractivity contribution in [1.29, 1.82) is 0 Å². The number of aliphatic imine (C=N–C) groups is 1. The van der Waals surface area contributed by atoms with Gasteiger partial charge in [0, 0.05) is 36.0 Å². The Morgan fingerprint density at radius 2 is 1.63 bits per heavy atom. The van der Waals surface area contributed by atoms with Crippen LogP contribution in [0.3, 0.4) is 0 Å². The Bertz CT molecular complexity index is 1660. The maximum absolute atomic E-state index is 14.6. The number of nitrogens with one attached hydrogen (secondary N) is 1. The molecule has 4 aromatic rings. The second-order valence-electron chi connectivity index (χ2n) is 10.7. The van der Waals surface area contributed by atoms with Crippen molar-refractivity contribution in [3.05, 3.63) is 118 Å². The minimum atomic E-state index is -1.37. The molecule has 1 heterocycles. The standard InChI is InChI=1S/C36H37BrN2O7/c1-42-30-7-4-6-27(21-30)33-36(22-24-8-13-28(37)14-9-24,35(41)38-23-25-10-17-31(43-2)32(20-25)44-3)39-34(46-33)26-11-15-29(16-12-26)45-19-5-18-40/h4,6-17,20-21,33,40H,5,18-19,22-23H2,1-3H3,(H,38,41)/t33-,36-/m1/s1. The van der Waals surface area contributed by atoms with Crippen molar-refractivity contribution in [1.82, 2.24) is 5.32 Å². The Labute approximate surface area is 277 Å². The fraction of sp³-hybridized carbons (Fsp3) is 0.278. The highest BCUT2D eigenvalue weighted by Gasteiger charge is 2.53. The highest BCUT2D eigenvalue weighted by molar-refractivity contribution is 9.10. The molecular weight excluding hydrogens is 652 g/mol. The SMILES string of the molecule is COc1cccc([C@H]2OC(c3ccc(OCCCO)cc3)=N[C@@]2(Cc2ccc(Br)cc2)C(=O)NCc2ccc(OC)c(OC)c2)c1. The molecule has 0 fully saturated rings. The number of aliphatic hydroxyl groups excluding tert-OH is 1. The molecule has 46 heavy (non-hydrogen) atoms. The Kier molecular flexibility index (Phi) is 10.8. The molecule has 2 atom stereocenters. The van der Waals surface area contributed by atoms with E-state index in [1.165, 1.54) is 0 Å². The monoisotopic (exact) mass is 688 g/mol. The van der Waals surface area contributed by atoms with E-state index in [2.05, 4.69) is 21.2 Å². The van der Waals surface area contributed by atoms with Gasteiger partial charge >= 0.3 is 0 Å². The van der Waals surface area contributed by atoms with Gasteiger partial charge in [0.15, 0.2) is 23.1 Å². The zero-order chi connectivity index (χ0) is 32.5. The average molecular weight is 690 g/mol. The zero-order valence-corrected chi connectivity index (χ0v) is 27.6. The van der Waals surface area contributed by atoms with Gasteiger partial charge in [-0.3, -0.25) is 4.79 Å². The molecule has 0 aromatic heterocycles. The van der Waals surface area contributed by atoms with Crippen LogP contribution < -0.4 is 24.3 Å². The number of aliphatic hydroxyl groups is 1. The molecule has 1 aliphatic heterocycles. The minimum absolute atomic E-state index is 0.0584. The molecule has 0 bridgehead atoms. The predicted molar refractivity (Wildman–Crippen MR) is 179 cm³/mol. The molecule has 0 aliphatic carbocycles. The molecular formula is C36H37BrN2O7. The number of rotatable bonds is 14. The van der Waals surface area contributed by atoms with Crippen molar-refractivity contribution in [3.8, 4) is 23.0 Å². The van der Waals surface area contributed by atoms with E-state index < -0.39 is 11.6 Å². The van der Waals surface area contributed by atoms with Crippen LogP contribution in [0, 0.1) is 0 Å². The van der Waals surface area contributed by atoms with Crippen molar-refractivity contribution < 1.29 is 33.6 Å². The van der Waals surface area contributed by atoms with Gasteiger partial charge in [-0.05, 0) is 77.4 Å². The Balaban J connectivity index is 1.55. The molecule has 240 valence electrons. The number of hydrogen-bond donors (Lipinski definition) is 2. The van der Waals surface area contributed by atoms with Crippen LogP contribution in [0.5, 0.6) is 23.0 Å². The number of nitrogens with zero attached hydrogens (tertiary/aromatic N) is 1. The maximum atomic E-state index is 14.6. The van der Waals surface area contributed by atoms with Gasteiger partial charge in [0.1, 0.15) is 11.5 Å². The first kappa shape index (κ1) is 32.8. The van der Waals surface area contributed by atoms with E-state index >= 15 is 0 Å². The summed E-state index contributed by atoms with van der Waals surface area (Å²) < 4.78 is 29.7. The van der Waals surface area contributed by atoms with E-state index in [0.29, 0.717) is 47.5 Å². The maximum Gasteiger partial charge on any atom is 0.252 e. The normalized spacial score (nSPS) is 17.1. The molecule has 1 aliphatic rings. The fourth-order valence-corrected chi connectivity index (χ4v) is 5.59. The van der Waals surface area contributed by atoms with Crippen LogP contribution in [0.15, 0.2) is 100 Å². The van der Waals surface area contributed by atoms with E-state index in [4.69, 9.17) is 33.8 Å². The van der Waals surface area contributed by atoms with Gasteiger partial charge in [0.25, 0.3) is 5.91 Å². The average Bonchev–Trinajstić information content (AvgIpc) is 3.48. The predicted octanol–water partition coefficient (Wildman–Crippen LogP) is 6.05. The summed E-state index contributed by atoms with van der Waals surface area (Å²) >= 11 is 3.52. The van der Waals surface area contributed by atoms with E-state index in [0.717, 1.165) is 21.2 Å². The van der Waals surface area contributed by atoms with Crippen molar-refractivity contribution in [2.45, 2.75) is 31.0 Å². The molecule has 0 unspecified atom stereocenters. The summed E-state index contributed by atoms with van der Waals surface area (Å²) in [5.74, 6) is 2.52. The topological polar surface area (TPSA) is 108 Å². The van der Waals surface area contributed by atoms with Crippen molar-refractivity contribution in [2.24, 2.45) is 4.99 Å². The van der Waals surface area contributed by atoms with Crippen LogP contribution in [-0.4, -0.2) is 57.0 Å². The Morgan fingerprint density at radius 3 is 2.33 bits per heavy atom. The van der Waals surface area contributed by atoms with Gasteiger partial charge in [0.2, 0.25) is 5.90 Å². The van der Waals surface area contributed by atoms with Gasteiger partial charge in [-0.25, -0.2) is 4.99 Å². The van der Waals surface area contributed by atoms with Crippen LogP contribution >= 0.6 is 15.9 Å². The van der Waals surface area contributed by atoms with Gasteiger partial charge in [-0.15, -0.1) is 0 Å². The second-order valence-corrected chi connectivity index (χ2v) is 11.7. The summed E-state index contributed by atoms with van der Waals surface area (Å²) in [6.45, 7) is 0.696. The molecule has 9 nitrogen and oxygen atoms in total. The van der Waals surface area contributed by atoms with Crippen molar-refractivity contribution >= 4 is 27.7 Å². The molecule has 0 spiro atoms. The van der Waals surface area contributed by atoms with Crippen molar-refractivity contribution in [3.63, 3.8) is 0 Å². The van der Waals surface area contributed by atoms with Crippen LogP contribution in [-0.2, 0) is 22.5 Å². The molecule has 0 saturated carbocycles. The van der Waals surface area contributed by atoms with E-state index in [9.17, 15) is 4.79 Å². The smallest absolute Gasteiger partial charge is 0.252 e. The second kappa shape index (κ2) is 15.2. The Morgan fingerprint density at radius 1 is 0.891 bits per heavy atom. The summed E-state index contributed by atoms with van der Waals surface area (Å²) in [5, 5.41) is 12.2. The lowest BCUT2D eigenvalue weighted by Gasteiger charge is -2.31. The third kappa shape index (κ3) is 7.46. The first-order valence-electron chi connectivity index (χ1n) is 14.9. The van der Waals surface area contributed by atoms with E-state index in [1.807, 2.05) is 91.0 Å². The number of carbonyl (C=O) groups excluding carboxylic acids is 1. The molecule has 5 rings (SSSR count). The van der Waals surface area contributed by atoms with Gasteiger partial charge in [-0.1, -0.05) is 46.3 Å². The molecule has 1 amide bonds. The summed E-state index contributed by atoms with van der Waals surface area (Å²) in [6.07, 6.45) is 0.0369. The number of carbonyl (C=O) groups is 1. The van der Waals surface area contributed by atoms with E-state index in [-0.39, 0.29) is 25.5 Å². The fourth-order valence-electron chi connectivity index (χ4n) is 5.33. The number of hydrogen-bond acceptors (Lipinski definition) is 8. The first-order valence-corrected chi connectivity index (χ1v) is 15.7. The highest BCUT2D eigenvalue weighted by atomic mass is 79.9.